The van der Waals surface area contributed by atoms with Crippen LogP contribution >= 0.6 is 12.6 Å². The van der Waals surface area contributed by atoms with Gasteiger partial charge in [0.05, 0.1) is 0 Å². The Hall–Kier alpha value is -2.22. The van der Waals surface area contributed by atoms with E-state index in [0.29, 0.717) is 5.56 Å². The van der Waals surface area contributed by atoms with Crippen molar-refractivity contribution in [3.8, 4) is 0 Å². The molecule has 2 atom stereocenters. The maximum atomic E-state index is 13.8. The molecule has 0 aliphatic heterocycles. The number of hydrogen-bond acceptors (Lipinski definition) is 5. The summed E-state index contributed by atoms with van der Waals surface area (Å²) in [5.41, 5.74) is 1.25. The van der Waals surface area contributed by atoms with Gasteiger partial charge in [0.25, 0.3) is 0 Å². The fraction of sp³-hybridized carbons (Fsp3) is 0.640. The van der Waals surface area contributed by atoms with Crippen molar-refractivity contribution in [1.29, 1.82) is 0 Å². The number of benzene rings is 1. The summed E-state index contributed by atoms with van der Waals surface area (Å²) in [6.07, 6.45) is -0.710. The maximum absolute atomic E-state index is 13.8. The molecule has 2 N–H and O–H groups in total. The Bertz CT molecular complexity index is 836. The van der Waals surface area contributed by atoms with Gasteiger partial charge in [0.1, 0.15) is 17.7 Å². The molecule has 0 aliphatic carbocycles. The molecule has 3 amide bonds. The van der Waals surface area contributed by atoms with Crippen LogP contribution in [0.4, 0.5) is 4.79 Å². The molecule has 33 heavy (non-hydrogen) atoms. The normalized spacial score (nSPS) is 13.8. The number of aryl methyl sites for hydroxylation is 2. The number of amides is 3. The van der Waals surface area contributed by atoms with Crippen LogP contribution in [0.15, 0.2) is 18.2 Å². The highest BCUT2D eigenvalue weighted by Gasteiger charge is 2.41. The van der Waals surface area contributed by atoms with Crippen LogP contribution < -0.4 is 10.6 Å². The summed E-state index contributed by atoms with van der Waals surface area (Å²) in [4.78, 5) is 41.2. The van der Waals surface area contributed by atoms with Gasteiger partial charge in [0.2, 0.25) is 11.8 Å². The number of hydrogen-bond donors (Lipinski definition) is 3. The molecule has 186 valence electrons. The quantitative estimate of drug-likeness (QED) is 0.508. The number of nitrogens with one attached hydrogen (secondary N) is 2. The van der Waals surface area contributed by atoms with E-state index in [2.05, 4.69) is 23.3 Å². The lowest BCUT2D eigenvalue weighted by Gasteiger charge is -2.43. The predicted octanol–water partition coefficient (Wildman–Crippen LogP) is 4.32. The first-order chi connectivity index (χ1) is 15.0. The minimum absolute atomic E-state index is 0.0516. The maximum Gasteiger partial charge on any atom is 0.408 e. The van der Waals surface area contributed by atoms with E-state index in [1.54, 1.807) is 20.8 Å². The number of thiol groups is 1. The van der Waals surface area contributed by atoms with E-state index in [4.69, 9.17) is 4.74 Å². The highest BCUT2D eigenvalue weighted by Crippen LogP contribution is 2.31. The summed E-state index contributed by atoms with van der Waals surface area (Å²) in [5.74, 6) is -0.643. The second-order valence-electron chi connectivity index (χ2n) is 10.7. The Morgan fingerprint density at radius 3 is 1.88 bits per heavy atom. The number of rotatable bonds is 7. The average Bonchev–Trinajstić information content (AvgIpc) is 2.59. The van der Waals surface area contributed by atoms with E-state index in [9.17, 15) is 14.4 Å². The van der Waals surface area contributed by atoms with Crippen LogP contribution in [0, 0.1) is 13.8 Å². The molecule has 7 nitrogen and oxygen atoms in total. The molecule has 0 fully saturated rings. The minimum atomic E-state index is -0.970. The summed E-state index contributed by atoms with van der Waals surface area (Å²) in [6, 6.07) is 3.89. The first kappa shape index (κ1) is 28.8. The molecule has 1 aromatic rings. The topological polar surface area (TPSA) is 87.7 Å². The summed E-state index contributed by atoms with van der Waals surface area (Å²) in [5, 5.41) is 5.58. The van der Waals surface area contributed by atoms with E-state index in [0.717, 1.165) is 11.1 Å². The van der Waals surface area contributed by atoms with Crippen molar-refractivity contribution >= 4 is 30.5 Å². The molecule has 0 bridgehead atoms. The Labute approximate surface area is 204 Å². The van der Waals surface area contributed by atoms with Crippen LogP contribution in [-0.4, -0.2) is 51.8 Å². The largest absolute Gasteiger partial charge is 0.444 e. The van der Waals surface area contributed by atoms with Gasteiger partial charge in [-0.15, -0.1) is 0 Å². The smallest absolute Gasteiger partial charge is 0.408 e. The van der Waals surface area contributed by atoms with Crippen molar-refractivity contribution in [3.63, 3.8) is 0 Å². The molecule has 1 rings (SSSR count). The number of carbonyl (C=O) groups is 3. The second kappa shape index (κ2) is 11.3. The zero-order valence-corrected chi connectivity index (χ0v) is 22.6. The Morgan fingerprint density at radius 2 is 1.48 bits per heavy atom. The molecule has 0 heterocycles. The van der Waals surface area contributed by atoms with E-state index < -0.39 is 35.2 Å². The van der Waals surface area contributed by atoms with E-state index in [-0.39, 0.29) is 17.7 Å². The van der Waals surface area contributed by atoms with Crippen LogP contribution in [0.3, 0.4) is 0 Å². The van der Waals surface area contributed by atoms with Crippen LogP contribution in [0.5, 0.6) is 0 Å². The third-order valence-corrected chi connectivity index (χ3v) is 4.99. The van der Waals surface area contributed by atoms with Gasteiger partial charge in [0, 0.05) is 17.3 Å². The van der Waals surface area contributed by atoms with Gasteiger partial charge in [-0.25, -0.2) is 4.79 Å². The highest BCUT2D eigenvalue weighted by atomic mass is 32.1. The third kappa shape index (κ3) is 8.91. The average molecular weight is 480 g/mol. The third-order valence-electron chi connectivity index (χ3n) is 4.63. The van der Waals surface area contributed by atoms with Crippen LogP contribution in [0.2, 0.25) is 0 Å². The molecule has 8 heteroatoms. The van der Waals surface area contributed by atoms with Gasteiger partial charge in [-0.3, -0.25) is 9.59 Å². The van der Waals surface area contributed by atoms with Crippen molar-refractivity contribution < 1.29 is 19.1 Å². The van der Waals surface area contributed by atoms with Crippen molar-refractivity contribution in [1.82, 2.24) is 15.5 Å². The lowest BCUT2D eigenvalue weighted by atomic mass is 9.93. The molecular formula is C25H41N3O4S. The standard InChI is InChI=1S/C25H41N3O4S/c1-15(2)26-21(29)20(18-12-16(3)11-17(4)13-18)28(24(5,6)7)22(30)19(14-33)27-23(31)32-25(8,9)10/h11-13,15,19-20,33H,14H2,1-10H3,(H,26,29)(H,27,31). The number of nitrogens with zero attached hydrogens (tertiary/aromatic N) is 1. The van der Waals surface area contributed by atoms with E-state index in [1.807, 2.05) is 66.7 Å². The van der Waals surface area contributed by atoms with Crippen molar-refractivity contribution in [2.75, 3.05) is 5.75 Å². The van der Waals surface area contributed by atoms with Crippen molar-refractivity contribution in [2.24, 2.45) is 0 Å². The summed E-state index contributed by atoms with van der Waals surface area (Å²) in [7, 11) is 0. The fourth-order valence-electron chi connectivity index (χ4n) is 3.60. The molecule has 0 aliphatic rings. The minimum Gasteiger partial charge on any atom is -0.444 e. The number of alkyl carbamates (subject to hydrolysis) is 1. The van der Waals surface area contributed by atoms with Gasteiger partial charge in [-0.05, 0) is 74.8 Å². The van der Waals surface area contributed by atoms with Crippen LogP contribution in [0.25, 0.3) is 0 Å². The molecule has 0 aromatic heterocycles. The molecule has 0 spiro atoms. The van der Waals surface area contributed by atoms with Gasteiger partial charge in [0.15, 0.2) is 0 Å². The van der Waals surface area contributed by atoms with Crippen LogP contribution in [-0.2, 0) is 14.3 Å². The second-order valence-corrected chi connectivity index (χ2v) is 11.1. The van der Waals surface area contributed by atoms with Crippen molar-refractivity contribution in [2.45, 2.75) is 98.5 Å². The molecular weight excluding hydrogens is 438 g/mol. The van der Waals surface area contributed by atoms with Gasteiger partial charge >= 0.3 is 6.09 Å². The van der Waals surface area contributed by atoms with Crippen molar-refractivity contribution in [3.05, 3.63) is 34.9 Å². The lowest BCUT2D eigenvalue weighted by molar-refractivity contribution is -0.148. The summed E-state index contributed by atoms with van der Waals surface area (Å²) >= 11 is 4.31. The molecule has 0 saturated carbocycles. The predicted molar refractivity (Wildman–Crippen MR) is 136 cm³/mol. The van der Waals surface area contributed by atoms with E-state index >= 15 is 0 Å². The lowest BCUT2D eigenvalue weighted by Crippen LogP contribution is -2.59. The zero-order chi connectivity index (χ0) is 25.7. The Morgan fingerprint density at radius 1 is 0.970 bits per heavy atom. The van der Waals surface area contributed by atoms with Gasteiger partial charge in [-0.1, -0.05) is 29.3 Å². The summed E-state index contributed by atoms with van der Waals surface area (Å²) < 4.78 is 5.33. The van der Waals surface area contributed by atoms with Crippen LogP contribution in [0.1, 0.15) is 78.1 Å². The molecule has 1 aromatic carbocycles. The monoisotopic (exact) mass is 479 g/mol. The Kier molecular flexibility index (Phi) is 9.84. The van der Waals surface area contributed by atoms with E-state index in [1.165, 1.54) is 4.90 Å². The van der Waals surface area contributed by atoms with Gasteiger partial charge in [-0.2, -0.15) is 12.6 Å². The highest BCUT2D eigenvalue weighted by molar-refractivity contribution is 7.80. The SMILES string of the molecule is Cc1cc(C)cc(C(C(=O)NC(C)C)N(C(=O)C(CS)NC(=O)OC(C)(C)C)C(C)(C)C)c1. The first-order valence-electron chi connectivity index (χ1n) is 11.3. The Balaban J connectivity index is 3.52. The number of carbonyl (C=O) groups excluding carboxylic acids is 3. The first-order valence-corrected chi connectivity index (χ1v) is 11.9. The molecule has 0 saturated heterocycles. The fourth-order valence-corrected chi connectivity index (χ4v) is 3.84. The van der Waals surface area contributed by atoms with Gasteiger partial charge < -0.3 is 20.3 Å². The molecule has 0 radical (unpaired) electrons. The zero-order valence-electron chi connectivity index (χ0n) is 21.7. The molecule has 2 unspecified atom stereocenters. The number of ether oxygens (including phenoxy) is 1. The summed E-state index contributed by atoms with van der Waals surface area (Å²) in [6.45, 7) is 18.5.